The number of aryl methyl sites for hydroxylation is 1. The quantitative estimate of drug-likeness (QED) is 0.925. The SMILES string of the molecule is Cc1ccccc1-c1cc(O)c2c(c1)CN(C[C@@H]1CCCO1)CCO2. The van der Waals surface area contributed by atoms with Crippen LogP contribution in [0.15, 0.2) is 36.4 Å². The molecule has 0 radical (unpaired) electrons. The average Bonchev–Trinajstić information content (AvgIpc) is 3.01. The first-order valence-corrected chi connectivity index (χ1v) is 9.09. The van der Waals surface area contributed by atoms with E-state index in [9.17, 15) is 5.11 Å². The molecule has 2 aromatic carbocycles. The Morgan fingerprint density at radius 2 is 2.08 bits per heavy atom. The first-order chi connectivity index (χ1) is 12.2. The maximum Gasteiger partial charge on any atom is 0.165 e. The first-order valence-electron chi connectivity index (χ1n) is 9.09. The minimum Gasteiger partial charge on any atom is -0.504 e. The van der Waals surface area contributed by atoms with Gasteiger partial charge in [0.25, 0.3) is 0 Å². The predicted octanol–water partition coefficient (Wildman–Crippen LogP) is 3.74. The molecule has 0 saturated carbocycles. The molecular weight excluding hydrogens is 314 g/mol. The second kappa shape index (κ2) is 7.06. The summed E-state index contributed by atoms with van der Waals surface area (Å²) < 4.78 is 11.6. The molecule has 4 rings (SSSR count). The molecule has 1 saturated heterocycles. The summed E-state index contributed by atoms with van der Waals surface area (Å²) in [5.74, 6) is 0.863. The summed E-state index contributed by atoms with van der Waals surface area (Å²) in [6.07, 6.45) is 2.62. The predicted molar refractivity (Wildman–Crippen MR) is 98.0 cm³/mol. The lowest BCUT2D eigenvalue weighted by atomic mass is 9.98. The third kappa shape index (κ3) is 3.51. The first kappa shape index (κ1) is 16.4. The molecule has 0 aliphatic carbocycles. The van der Waals surface area contributed by atoms with Gasteiger partial charge in [0.15, 0.2) is 11.5 Å². The fourth-order valence-electron chi connectivity index (χ4n) is 3.84. The average molecular weight is 339 g/mol. The number of aromatic hydroxyl groups is 1. The van der Waals surface area contributed by atoms with Crippen molar-refractivity contribution in [2.75, 3.05) is 26.3 Å². The van der Waals surface area contributed by atoms with Crippen LogP contribution in [0.25, 0.3) is 11.1 Å². The topological polar surface area (TPSA) is 41.9 Å². The lowest BCUT2D eigenvalue weighted by Crippen LogP contribution is -2.33. The van der Waals surface area contributed by atoms with Crippen LogP contribution in [-0.4, -0.2) is 42.4 Å². The molecular formula is C21H25NO3. The van der Waals surface area contributed by atoms with E-state index in [1.165, 1.54) is 5.56 Å². The molecule has 2 aliphatic rings. The fourth-order valence-corrected chi connectivity index (χ4v) is 3.84. The van der Waals surface area contributed by atoms with Crippen molar-refractivity contribution in [2.24, 2.45) is 0 Å². The lowest BCUT2D eigenvalue weighted by Gasteiger charge is -2.23. The number of rotatable bonds is 3. The van der Waals surface area contributed by atoms with Gasteiger partial charge in [0.1, 0.15) is 6.61 Å². The van der Waals surface area contributed by atoms with Gasteiger partial charge in [-0.15, -0.1) is 0 Å². The van der Waals surface area contributed by atoms with Crippen LogP contribution in [-0.2, 0) is 11.3 Å². The van der Waals surface area contributed by atoms with E-state index in [4.69, 9.17) is 9.47 Å². The van der Waals surface area contributed by atoms with E-state index >= 15 is 0 Å². The van der Waals surface area contributed by atoms with Crippen LogP contribution in [0, 0.1) is 6.92 Å². The smallest absolute Gasteiger partial charge is 0.165 e. The third-order valence-corrected chi connectivity index (χ3v) is 5.14. The van der Waals surface area contributed by atoms with Gasteiger partial charge in [-0.1, -0.05) is 24.3 Å². The summed E-state index contributed by atoms with van der Waals surface area (Å²) in [5.41, 5.74) is 4.44. The highest BCUT2D eigenvalue weighted by Crippen LogP contribution is 2.38. The van der Waals surface area contributed by atoms with E-state index in [1.807, 2.05) is 18.2 Å². The van der Waals surface area contributed by atoms with Crippen molar-refractivity contribution in [1.82, 2.24) is 4.90 Å². The lowest BCUT2D eigenvalue weighted by molar-refractivity contribution is 0.0687. The number of nitrogens with zero attached hydrogens (tertiary/aromatic N) is 1. The van der Waals surface area contributed by atoms with Gasteiger partial charge < -0.3 is 14.6 Å². The zero-order chi connectivity index (χ0) is 17.2. The van der Waals surface area contributed by atoms with E-state index in [0.29, 0.717) is 18.5 Å². The summed E-state index contributed by atoms with van der Waals surface area (Å²) in [6, 6.07) is 12.2. The highest BCUT2D eigenvalue weighted by Gasteiger charge is 2.24. The van der Waals surface area contributed by atoms with Crippen LogP contribution in [0.4, 0.5) is 0 Å². The molecule has 2 aromatic rings. The molecule has 2 heterocycles. The number of phenols is 1. The van der Waals surface area contributed by atoms with Gasteiger partial charge in [-0.05, 0) is 48.6 Å². The Labute approximate surface area is 149 Å². The van der Waals surface area contributed by atoms with Crippen molar-refractivity contribution in [3.63, 3.8) is 0 Å². The van der Waals surface area contributed by atoms with Gasteiger partial charge in [0, 0.05) is 31.8 Å². The molecule has 4 nitrogen and oxygen atoms in total. The van der Waals surface area contributed by atoms with E-state index in [0.717, 1.165) is 55.8 Å². The van der Waals surface area contributed by atoms with Gasteiger partial charge in [-0.25, -0.2) is 0 Å². The zero-order valence-electron chi connectivity index (χ0n) is 14.7. The van der Waals surface area contributed by atoms with Crippen molar-refractivity contribution in [3.05, 3.63) is 47.5 Å². The monoisotopic (exact) mass is 339 g/mol. The molecule has 0 unspecified atom stereocenters. The van der Waals surface area contributed by atoms with Crippen molar-refractivity contribution in [3.8, 4) is 22.6 Å². The molecule has 25 heavy (non-hydrogen) atoms. The van der Waals surface area contributed by atoms with E-state index in [2.05, 4.69) is 30.0 Å². The Morgan fingerprint density at radius 1 is 1.20 bits per heavy atom. The molecule has 4 heteroatoms. The van der Waals surface area contributed by atoms with Crippen LogP contribution >= 0.6 is 0 Å². The van der Waals surface area contributed by atoms with Crippen LogP contribution in [0.1, 0.15) is 24.0 Å². The molecule has 1 fully saturated rings. The largest absolute Gasteiger partial charge is 0.504 e. The Balaban J connectivity index is 1.63. The standard InChI is InChI=1S/C21H25NO3/c1-15-5-2-3-7-19(15)16-11-17-13-22(14-18-6-4-9-24-18)8-10-25-21(17)20(23)12-16/h2-3,5,7,11-12,18,23H,4,6,8-10,13-14H2,1H3/t18-/m0/s1. The summed E-state index contributed by atoms with van der Waals surface area (Å²) in [7, 11) is 0. The summed E-state index contributed by atoms with van der Waals surface area (Å²) in [6.45, 7) is 6.13. The van der Waals surface area contributed by atoms with E-state index in [-0.39, 0.29) is 5.75 Å². The molecule has 0 amide bonds. The normalized spacial score (nSPS) is 20.8. The Hall–Kier alpha value is -2.04. The number of fused-ring (bicyclic) bond motifs is 1. The van der Waals surface area contributed by atoms with Gasteiger partial charge in [0.2, 0.25) is 0 Å². The van der Waals surface area contributed by atoms with E-state index in [1.54, 1.807) is 0 Å². The fraction of sp³-hybridized carbons (Fsp3) is 0.429. The molecule has 1 atom stereocenters. The van der Waals surface area contributed by atoms with E-state index < -0.39 is 0 Å². The summed E-state index contributed by atoms with van der Waals surface area (Å²) >= 11 is 0. The van der Waals surface area contributed by atoms with Crippen molar-refractivity contribution < 1.29 is 14.6 Å². The van der Waals surface area contributed by atoms with Crippen LogP contribution in [0.2, 0.25) is 0 Å². The number of benzene rings is 2. The van der Waals surface area contributed by atoms with Crippen LogP contribution in [0.5, 0.6) is 11.5 Å². The van der Waals surface area contributed by atoms with Crippen LogP contribution in [0.3, 0.4) is 0 Å². The Kier molecular flexibility index (Phi) is 4.64. The molecule has 0 spiro atoms. The molecule has 1 N–H and O–H groups in total. The number of hydrogen-bond acceptors (Lipinski definition) is 4. The highest BCUT2D eigenvalue weighted by molar-refractivity contribution is 5.71. The summed E-state index contributed by atoms with van der Waals surface area (Å²) in [4.78, 5) is 2.38. The van der Waals surface area contributed by atoms with Crippen molar-refractivity contribution >= 4 is 0 Å². The minimum absolute atomic E-state index is 0.231. The second-order valence-electron chi connectivity index (χ2n) is 7.02. The number of ether oxygens (including phenoxy) is 2. The Morgan fingerprint density at radius 3 is 2.88 bits per heavy atom. The number of phenolic OH excluding ortho intramolecular Hbond substituents is 1. The molecule has 132 valence electrons. The maximum atomic E-state index is 10.5. The summed E-state index contributed by atoms with van der Waals surface area (Å²) in [5, 5.41) is 10.5. The minimum atomic E-state index is 0.231. The van der Waals surface area contributed by atoms with Gasteiger partial charge in [-0.3, -0.25) is 4.90 Å². The van der Waals surface area contributed by atoms with Gasteiger partial charge in [-0.2, -0.15) is 0 Å². The maximum absolute atomic E-state index is 10.5. The van der Waals surface area contributed by atoms with Crippen molar-refractivity contribution in [2.45, 2.75) is 32.4 Å². The molecule has 0 bridgehead atoms. The second-order valence-corrected chi connectivity index (χ2v) is 7.02. The molecule has 2 aliphatic heterocycles. The zero-order valence-corrected chi connectivity index (χ0v) is 14.7. The van der Waals surface area contributed by atoms with Gasteiger partial charge in [0.05, 0.1) is 6.10 Å². The molecule has 0 aromatic heterocycles. The Bertz CT molecular complexity index is 753. The van der Waals surface area contributed by atoms with Crippen LogP contribution < -0.4 is 4.74 Å². The number of hydrogen-bond donors (Lipinski definition) is 1. The van der Waals surface area contributed by atoms with Gasteiger partial charge >= 0.3 is 0 Å². The highest BCUT2D eigenvalue weighted by atomic mass is 16.5. The third-order valence-electron chi connectivity index (χ3n) is 5.14. The van der Waals surface area contributed by atoms with Crippen molar-refractivity contribution in [1.29, 1.82) is 0 Å².